The van der Waals surface area contributed by atoms with Crippen molar-refractivity contribution in [2.75, 3.05) is 13.2 Å². The number of allylic oxidation sites excluding steroid dienone is 12. The van der Waals surface area contributed by atoms with Gasteiger partial charge in [0.15, 0.2) is 6.10 Å². The fourth-order valence-corrected chi connectivity index (χ4v) is 8.51. The second-order valence-corrected chi connectivity index (χ2v) is 19.9. The molecule has 0 aliphatic rings. The van der Waals surface area contributed by atoms with Gasteiger partial charge in [0.05, 0.1) is 0 Å². The smallest absolute Gasteiger partial charge is 0.306 e. The fourth-order valence-electron chi connectivity index (χ4n) is 8.51. The number of esters is 3. The molecule has 1 unspecified atom stereocenters. The number of hydrogen-bond donors (Lipinski definition) is 0. The molecule has 0 aliphatic heterocycles. The molecule has 0 bridgehead atoms. The minimum atomic E-state index is -0.769. The molecule has 0 aromatic heterocycles. The Labute approximate surface area is 433 Å². The van der Waals surface area contributed by atoms with Crippen molar-refractivity contribution in [2.24, 2.45) is 0 Å². The molecule has 6 heteroatoms. The molecule has 70 heavy (non-hydrogen) atoms. The van der Waals surface area contributed by atoms with Crippen LogP contribution in [-0.2, 0) is 28.6 Å². The van der Waals surface area contributed by atoms with Gasteiger partial charge in [-0.25, -0.2) is 0 Å². The van der Waals surface area contributed by atoms with Crippen molar-refractivity contribution in [3.05, 3.63) is 72.9 Å². The summed E-state index contributed by atoms with van der Waals surface area (Å²) in [7, 11) is 0. The highest BCUT2D eigenvalue weighted by molar-refractivity contribution is 5.71. The van der Waals surface area contributed by atoms with Crippen LogP contribution in [0, 0.1) is 0 Å². The minimum Gasteiger partial charge on any atom is -0.462 e. The summed E-state index contributed by atoms with van der Waals surface area (Å²) in [5, 5.41) is 0. The fraction of sp³-hybridized carbons (Fsp3) is 0.766. The molecular formula is C64H112O6. The highest BCUT2D eigenvalue weighted by Crippen LogP contribution is 2.16. The first-order chi connectivity index (χ1) is 34.5. The van der Waals surface area contributed by atoms with Crippen molar-refractivity contribution in [1.29, 1.82) is 0 Å². The van der Waals surface area contributed by atoms with E-state index in [4.69, 9.17) is 14.2 Å². The van der Waals surface area contributed by atoms with E-state index >= 15 is 0 Å². The Morgan fingerprint density at radius 3 is 0.871 bits per heavy atom. The molecule has 0 aromatic carbocycles. The van der Waals surface area contributed by atoms with E-state index in [2.05, 4.69) is 93.7 Å². The van der Waals surface area contributed by atoms with Crippen LogP contribution in [0.2, 0.25) is 0 Å². The second kappa shape index (κ2) is 58.4. The molecule has 0 rings (SSSR count). The van der Waals surface area contributed by atoms with E-state index in [1.165, 1.54) is 161 Å². The van der Waals surface area contributed by atoms with Gasteiger partial charge < -0.3 is 14.2 Å². The molecule has 0 saturated carbocycles. The summed E-state index contributed by atoms with van der Waals surface area (Å²) in [5.74, 6) is -0.872. The molecule has 0 aliphatic carbocycles. The number of ether oxygens (including phenoxy) is 3. The Hall–Kier alpha value is -3.15. The first-order valence-corrected chi connectivity index (χ1v) is 29.9. The van der Waals surface area contributed by atoms with Crippen LogP contribution in [0.3, 0.4) is 0 Å². The van der Waals surface area contributed by atoms with Crippen LogP contribution in [0.15, 0.2) is 72.9 Å². The van der Waals surface area contributed by atoms with E-state index in [1.54, 1.807) is 0 Å². The third-order valence-corrected chi connectivity index (χ3v) is 13.0. The first-order valence-electron chi connectivity index (χ1n) is 29.9. The third kappa shape index (κ3) is 55.8. The molecule has 0 radical (unpaired) electrons. The van der Waals surface area contributed by atoms with Crippen molar-refractivity contribution >= 4 is 17.9 Å². The van der Waals surface area contributed by atoms with Crippen molar-refractivity contribution in [1.82, 2.24) is 0 Å². The molecule has 0 amide bonds. The number of unbranched alkanes of at least 4 members (excludes halogenated alkanes) is 31. The highest BCUT2D eigenvalue weighted by Gasteiger charge is 2.19. The van der Waals surface area contributed by atoms with E-state index in [1.807, 2.05) is 0 Å². The van der Waals surface area contributed by atoms with Crippen LogP contribution in [0.5, 0.6) is 0 Å². The van der Waals surface area contributed by atoms with Crippen molar-refractivity contribution in [2.45, 2.75) is 303 Å². The van der Waals surface area contributed by atoms with Gasteiger partial charge in [-0.2, -0.15) is 0 Å². The second-order valence-electron chi connectivity index (χ2n) is 19.9. The Morgan fingerprint density at radius 1 is 0.300 bits per heavy atom. The van der Waals surface area contributed by atoms with E-state index < -0.39 is 6.10 Å². The van der Waals surface area contributed by atoms with Gasteiger partial charge in [-0.3, -0.25) is 14.4 Å². The van der Waals surface area contributed by atoms with Crippen molar-refractivity contribution in [3.63, 3.8) is 0 Å². The van der Waals surface area contributed by atoms with Crippen LogP contribution >= 0.6 is 0 Å². The maximum Gasteiger partial charge on any atom is 0.306 e. The Morgan fingerprint density at radius 2 is 0.557 bits per heavy atom. The van der Waals surface area contributed by atoms with E-state index in [9.17, 15) is 14.4 Å². The molecular weight excluding hydrogens is 865 g/mol. The molecule has 0 aromatic rings. The van der Waals surface area contributed by atoms with Gasteiger partial charge >= 0.3 is 17.9 Å². The standard InChI is InChI=1S/C64H112O6/c1-4-7-10-13-16-18-20-22-24-25-26-27-28-29-30-31-32-33-34-35-36-37-38-39-41-42-44-46-48-51-54-57-63(66)69-60-61(59-68-62(65)56-53-50-15-12-9-6-3)70-64(67)58-55-52-49-47-45-43-40-23-21-19-17-14-11-8-5-2/h7,10,16,18,22,24,26-27,29-30,32-33,61H,4-6,8-9,11-15,17,19-21,23,25,28,31,34-60H2,1-3H3/b10-7-,18-16-,24-22-,27-26-,30-29-,33-32-. The molecule has 0 saturated heterocycles. The molecule has 1 atom stereocenters. The molecule has 6 nitrogen and oxygen atoms in total. The highest BCUT2D eigenvalue weighted by atomic mass is 16.6. The van der Waals surface area contributed by atoms with Crippen LogP contribution in [0.25, 0.3) is 0 Å². The Kier molecular flexibility index (Phi) is 55.8. The molecule has 0 fully saturated rings. The third-order valence-electron chi connectivity index (χ3n) is 13.0. The first kappa shape index (κ1) is 66.9. The average Bonchev–Trinajstić information content (AvgIpc) is 3.36. The minimum absolute atomic E-state index is 0.0718. The Balaban J connectivity index is 4.04. The lowest BCUT2D eigenvalue weighted by Crippen LogP contribution is -2.30. The van der Waals surface area contributed by atoms with Gasteiger partial charge in [0.25, 0.3) is 0 Å². The molecule has 0 N–H and O–H groups in total. The normalized spacial score (nSPS) is 12.6. The van der Waals surface area contributed by atoms with E-state index in [0.717, 1.165) is 96.3 Å². The predicted molar refractivity (Wildman–Crippen MR) is 302 cm³/mol. The lowest BCUT2D eigenvalue weighted by atomic mass is 10.0. The molecule has 0 heterocycles. The van der Waals surface area contributed by atoms with Crippen molar-refractivity contribution < 1.29 is 28.6 Å². The zero-order chi connectivity index (χ0) is 50.7. The maximum atomic E-state index is 12.8. The molecule has 404 valence electrons. The largest absolute Gasteiger partial charge is 0.462 e. The average molecular weight is 978 g/mol. The van der Waals surface area contributed by atoms with E-state index in [0.29, 0.717) is 19.3 Å². The molecule has 0 spiro atoms. The topological polar surface area (TPSA) is 78.9 Å². The summed E-state index contributed by atoms with van der Waals surface area (Å²) in [6, 6.07) is 0. The monoisotopic (exact) mass is 977 g/mol. The lowest BCUT2D eigenvalue weighted by Gasteiger charge is -2.18. The van der Waals surface area contributed by atoms with Gasteiger partial charge in [0, 0.05) is 19.3 Å². The number of carbonyl (C=O) groups is 3. The summed E-state index contributed by atoms with van der Waals surface area (Å²) in [4.78, 5) is 37.9. The number of carbonyl (C=O) groups excluding carboxylic acids is 3. The van der Waals surface area contributed by atoms with Crippen molar-refractivity contribution in [3.8, 4) is 0 Å². The van der Waals surface area contributed by atoms with Gasteiger partial charge in [0.1, 0.15) is 13.2 Å². The summed E-state index contributed by atoms with van der Waals surface area (Å²) >= 11 is 0. The number of hydrogen-bond acceptors (Lipinski definition) is 6. The van der Waals surface area contributed by atoms with Crippen LogP contribution in [0.1, 0.15) is 297 Å². The summed E-state index contributed by atoms with van der Waals surface area (Å²) in [6.07, 6.45) is 75.1. The van der Waals surface area contributed by atoms with Crippen LogP contribution in [-0.4, -0.2) is 37.2 Å². The lowest BCUT2D eigenvalue weighted by molar-refractivity contribution is -0.167. The van der Waals surface area contributed by atoms with Gasteiger partial charge in [-0.15, -0.1) is 0 Å². The van der Waals surface area contributed by atoms with Crippen LogP contribution < -0.4 is 0 Å². The van der Waals surface area contributed by atoms with Gasteiger partial charge in [-0.1, -0.05) is 280 Å². The van der Waals surface area contributed by atoms with Gasteiger partial charge in [0.2, 0.25) is 0 Å². The SMILES string of the molecule is CC/C=C\C/C=C\C/C=C\C/C=C\C/C=C\C/C=C\CCCCCCCCCCCCCCC(=O)OCC(COC(=O)CCCCCCCC)OC(=O)CCCCCCCCCCCCCCCCC. The zero-order valence-electron chi connectivity index (χ0n) is 46.3. The zero-order valence-corrected chi connectivity index (χ0v) is 46.3. The maximum absolute atomic E-state index is 12.8. The van der Waals surface area contributed by atoms with E-state index in [-0.39, 0.29) is 31.1 Å². The summed E-state index contributed by atoms with van der Waals surface area (Å²) in [5.41, 5.74) is 0. The van der Waals surface area contributed by atoms with Gasteiger partial charge in [-0.05, 0) is 70.6 Å². The Bertz CT molecular complexity index is 1310. The summed E-state index contributed by atoms with van der Waals surface area (Å²) < 4.78 is 16.8. The quantitative estimate of drug-likeness (QED) is 0.0261. The van der Waals surface area contributed by atoms with Crippen LogP contribution in [0.4, 0.5) is 0 Å². The number of rotatable bonds is 54. The predicted octanol–water partition coefficient (Wildman–Crippen LogP) is 20.2. The summed E-state index contributed by atoms with van der Waals surface area (Å²) in [6.45, 7) is 6.49.